The second-order valence-corrected chi connectivity index (χ2v) is 4.50. The summed E-state index contributed by atoms with van der Waals surface area (Å²) >= 11 is 0. The second-order valence-electron chi connectivity index (χ2n) is 4.50. The predicted octanol–water partition coefficient (Wildman–Crippen LogP) is 0.723. The standard InChI is InChI=1S/C12H16FN3O2/c1-12(2,11(18)14-3)7-16-10(17)8-4-5-15-6-9(8)13/h4-6H,7H2,1-3H3,(H,14,18)(H,16,17). The summed E-state index contributed by atoms with van der Waals surface area (Å²) in [7, 11) is 1.52. The van der Waals surface area contributed by atoms with E-state index in [0.717, 1.165) is 6.20 Å². The van der Waals surface area contributed by atoms with Crippen LogP contribution in [-0.4, -0.2) is 30.4 Å². The van der Waals surface area contributed by atoms with Gasteiger partial charge < -0.3 is 10.6 Å². The van der Waals surface area contributed by atoms with E-state index in [4.69, 9.17) is 0 Å². The summed E-state index contributed by atoms with van der Waals surface area (Å²) in [5, 5.41) is 5.03. The van der Waals surface area contributed by atoms with Crippen molar-refractivity contribution in [1.82, 2.24) is 15.6 Å². The minimum atomic E-state index is -0.756. The van der Waals surface area contributed by atoms with Crippen LogP contribution in [0.25, 0.3) is 0 Å². The topological polar surface area (TPSA) is 71.1 Å². The molecule has 1 heterocycles. The number of halogens is 1. The number of amides is 2. The molecule has 98 valence electrons. The van der Waals surface area contributed by atoms with Crippen molar-refractivity contribution < 1.29 is 14.0 Å². The average Bonchev–Trinajstić information content (AvgIpc) is 2.35. The number of rotatable bonds is 4. The Bertz CT molecular complexity index is 460. The van der Waals surface area contributed by atoms with Crippen molar-refractivity contribution in [3.8, 4) is 0 Å². The summed E-state index contributed by atoms with van der Waals surface area (Å²) in [4.78, 5) is 26.8. The SMILES string of the molecule is CNC(=O)C(C)(C)CNC(=O)c1ccncc1F. The molecule has 0 aromatic carbocycles. The Hall–Kier alpha value is -1.98. The fourth-order valence-corrected chi connectivity index (χ4v) is 1.37. The molecule has 0 fully saturated rings. The predicted molar refractivity (Wildman–Crippen MR) is 64.4 cm³/mol. The van der Waals surface area contributed by atoms with E-state index in [1.807, 2.05) is 0 Å². The Labute approximate surface area is 105 Å². The van der Waals surface area contributed by atoms with E-state index in [1.165, 1.54) is 19.3 Å². The lowest BCUT2D eigenvalue weighted by atomic mass is 9.92. The molecule has 0 bridgehead atoms. The highest BCUT2D eigenvalue weighted by Crippen LogP contribution is 2.14. The summed E-state index contributed by atoms with van der Waals surface area (Å²) in [6.07, 6.45) is 2.31. The molecule has 0 aliphatic heterocycles. The molecular formula is C12H16FN3O2. The van der Waals surface area contributed by atoms with Crippen LogP contribution in [0.3, 0.4) is 0 Å². The number of nitrogens with zero attached hydrogens (tertiary/aromatic N) is 1. The first kappa shape index (κ1) is 14.1. The lowest BCUT2D eigenvalue weighted by molar-refractivity contribution is -0.128. The minimum Gasteiger partial charge on any atom is -0.359 e. The molecule has 0 aliphatic rings. The van der Waals surface area contributed by atoms with Gasteiger partial charge in [-0.05, 0) is 19.9 Å². The van der Waals surface area contributed by atoms with Crippen LogP contribution in [0.15, 0.2) is 18.5 Å². The van der Waals surface area contributed by atoms with Crippen LogP contribution in [0.1, 0.15) is 24.2 Å². The molecular weight excluding hydrogens is 237 g/mol. The van der Waals surface area contributed by atoms with E-state index in [-0.39, 0.29) is 18.0 Å². The Morgan fingerprint density at radius 3 is 2.67 bits per heavy atom. The number of carbonyl (C=O) groups excluding carboxylic acids is 2. The van der Waals surface area contributed by atoms with E-state index >= 15 is 0 Å². The lowest BCUT2D eigenvalue weighted by Crippen LogP contribution is -2.43. The van der Waals surface area contributed by atoms with Crippen LogP contribution < -0.4 is 10.6 Å². The van der Waals surface area contributed by atoms with Gasteiger partial charge >= 0.3 is 0 Å². The highest BCUT2D eigenvalue weighted by atomic mass is 19.1. The van der Waals surface area contributed by atoms with Gasteiger partial charge in [-0.3, -0.25) is 14.6 Å². The van der Waals surface area contributed by atoms with Crippen molar-refractivity contribution in [2.24, 2.45) is 5.41 Å². The summed E-state index contributed by atoms with van der Waals surface area (Å²) in [6, 6.07) is 1.29. The fraction of sp³-hybridized carbons (Fsp3) is 0.417. The number of carbonyl (C=O) groups is 2. The van der Waals surface area contributed by atoms with Crippen molar-refractivity contribution in [2.75, 3.05) is 13.6 Å². The average molecular weight is 253 g/mol. The quantitative estimate of drug-likeness (QED) is 0.830. The molecule has 1 aromatic heterocycles. The Morgan fingerprint density at radius 1 is 1.44 bits per heavy atom. The highest BCUT2D eigenvalue weighted by molar-refractivity contribution is 5.94. The first-order valence-corrected chi connectivity index (χ1v) is 5.48. The smallest absolute Gasteiger partial charge is 0.254 e. The van der Waals surface area contributed by atoms with Gasteiger partial charge in [-0.2, -0.15) is 0 Å². The van der Waals surface area contributed by atoms with Gasteiger partial charge in [-0.1, -0.05) is 0 Å². The van der Waals surface area contributed by atoms with E-state index in [9.17, 15) is 14.0 Å². The van der Waals surface area contributed by atoms with Crippen LogP contribution in [0.2, 0.25) is 0 Å². The first-order chi connectivity index (χ1) is 8.38. The molecule has 18 heavy (non-hydrogen) atoms. The van der Waals surface area contributed by atoms with Crippen molar-refractivity contribution in [1.29, 1.82) is 0 Å². The maximum Gasteiger partial charge on any atom is 0.254 e. The largest absolute Gasteiger partial charge is 0.359 e. The zero-order valence-corrected chi connectivity index (χ0v) is 10.6. The fourth-order valence-electron chi connectivity index (χ4n) is 1.37. The zero-order chi connectivity index (χ0) is 13.8. The van der Waals surface area contributed by atoms with Gasteiger partial charge in [0.25, 0.3) is 5.91 Å². The van der Waals surface area contributed by atoms with Gasteiger partial charge in [0.15, 0.2) is 5.82 Å². The molecule has 0 aliphatic carbocycles. The number of aromatic nitrogens is 1. The first-order valence-electron chi connectivity index (χ1n) is 5.48. The van der Waals surface area contributed by atoms with Gasteiger partial charge in [-0.15, -0.1) is 0 Å². The maximum atomic E-state index is 13.3. The van der Waals surface area contributed by atoms with Crippen molar-refractivity contribution >= 4 is 11.8 Å². The van der Waals surface area contributed by atoms with E-state index in [2.05, 4.69) is 15.6 Å². The van der Waals surface area contributed by atoms with Crippen molar-refractivity contribution in [3.63, 3.8) is 0 Å². The molecule has 0 unspecified atom stereocenters. The number of pyridine rings is 1. The van der Waals surface area contributed by atoms with Crippen molar-refractivity contribution in [2.45, 2.75) is 13.8 Å². The molecule has 1 aromatic rings. The molecule has 6 heteroatoms. The normalized spacial score (nSPS) is 10.9. The molecule has 0 saturated carbocycles. The van der Waals surface area contributed by atoms with Crippen molar-refractivity contribution in [3.05, 3.63) is 29.8 Å². The van der Waals surface area contributed by atoms with Gasteiger partial charge in [0, 0.05) is 19.8 Å². The van der Waals surface area contributed by atoms with Crippen LogP contribution in [0.4, 0.5) is 4.39 Å². The monoisotopic (exact) mass is 253 g/mol. The van der Waals surface area contributed by atoms with Gasteiger partial charge in [-0.25, -0.2) is 4.39 Å². The van der Waals surface area contributed by atoms with Crippen LogP contribution >= 0.6 is 0 Å². The molecule has 1 rings (SSSR count). The van der Waals surface area contributed by atoms with Crippen LogP contribution in [0, 0.1) is 11.2 Å². The molecule has 0 saturated heterocycles. The van der Waals surface area contributed by atoms with Gasteiger partial charge in [0.2, 0.25) is 5.91 Å². The summed E-state index contributed by atoms with van der Waals surface area (Å²) in [5.74, 6) is -1.45. The van der Waals surface area contributed by atoms with E-state index in [1.54, 1.807) is 13.8 Å². The summed E-state index contributed by atoms with van der Waals surface area (Å²) < 4.78 is 13.3. The lowest BCUT2D eigenvalue weighted by Gasteiger charge is -2.22. The number of hydrogen-bond donors (Lipinski definition) is 2. The number of nitrogens with one attached hydrogen (secondary N) is 2. The van der Waals surface area contributed by atoms with E-state index in [0.29, 0.717) is 0 Å². The molecule has 2 amide bonds. The molecule has 5 nitrogen and oxygen atoms in total. The Balaban J connectivity index is 2.68. The van der Waals surface area contributed by atoms with Gasteiger partial charge in [0.05, 0.1) is 17.2 Å². The number of hydrogen-bond acceptors (Lipinski definition) is 3. The summed E-state index contributed by atoms with van der Waals surface area (Å²) in [5.41, 5.74) is -0.841. The third kappa shape index (κ3) is 3.26. The molecule has 0 atom stereocenters. The highest BCUT2D eigenvalue weighted by Gasteiger charge is 2.27. The minimum absolute atomic E-state index is 0.0855. The Morgan fingerprint density at radius 2 is 2.11 bits per heavy atom. The Kier molecular flexibility index (Phi) is 4.36. The molecule has 2 N–H and O–H groups in total. The third-order valence-electron chi connectivity index (χ3n) is 2.55. The zero-order valence-electron chi connectivity index (χ0n) is 10.6. The van der Waals surface area contributed by atoms with Crippen LogP contribution in [-0.2, 0) is 4.79 Å². The second kappa shape index (κ2) is 5.57. The maximum absolute atomic E-state index is 13.3. The van der Waals surface area contributed by atoms with E-state index < -0.39 is 17.1 Å². The summed E-state index contributed by atoms with van der Waals surface area (Å²) in [6.45, 7) is 3.50. The molecule has 0 radical (unpaired) electrons. The molecule has 0 spiro atoms. The van der Waals surface area contributed by atoms with Gasteiger partial charge in [0.1, 0.15) is 0 Å². The van der Waals surface area contributed by atoms with Crippen LogP contribution in [0.5, 0.6) is 0 Å². The third-order valence-corrected chi connectivity index (χ3v) is 2.55.